The van der Waals surface area contributed by atoms with E-state index in [-0.39, 0.29) is 35.8 Å². The highest BCUT2D eigenvalue weighted by Crippen LogP contribution is 2.34. The predicted molar refractivity (Wildman–Crippen MR) is 121 cm³/mol. The number of pyridine rings is 1. The molecule has 1 aliphatic carbocycles. The molecule has 0 amide bonds. The fourth-order valence-electron chi connectivity index (χ4n) is 4.61. The molecule has 1 aromatic carbocycles. The van der Waals surface area contributed by atoms with Crippen molar-refractivity contribution in [2.24, 2.45) is 0 Å². The molecule has 1 aliphatic rings. The van der Waals surface area contributed by atoms with Gasteiger partial charge in [0.25, 0.3) is 0 Å². The number of methoxy groups -OCH3 is 2. The maximum Gasteiger partial charge on any atom is 0.417 e. The van der Waals surface area contributed by atoms with Gasteiger partial charge in [-0.1, -0.05) is 6.07 Å². The van der Waals surface area contributed by atoms with Crippen LogP contribution in [0.5, 0.6) is 11.5 Å². The minimum Gasteiger partial charge on any atom is -0.493 e. The molecule has 1 fully saturated rings. The van der Waals surface area contributed by atoms with E-state index in [0.29, 0.717) is 42.7 Å². The standard InChI is InChI=1S/C24H26F3N3O5/c1-14(31)35-18-7-5-17(6-8-18)30-22-19(11-16(12-28-22)24(25,26)27)29(23(30)32)13-15-4-9-20(33-2)21(10-15)34-3/h4,9-12,17-18H,5-8,13H2,1-3H3/t17-,18-. The van der Waals surface area contributed by atoms with Crippen molar-refractivity contribution in [3.8, 4) is 11.5 Å². The fourth-order valence-corrected chi connectivity index (χ4v) is 4.61. The van der Waals surface area contributed by atoms with E-state index in [9.17, 15) is 22.8 Å². The van der Waals surface area contributed by atoms with Crippen molar-refractivity contribution in [3.63, 3.8) is 0 Å². The number of carbonyl (C=O) groups excluding carboxylic acids is 1. The highest BCUT2D eigenvalue weighted by molar-refractivity contribution is 5.73. The van der Waals surface area contributed by atoms with E-state index in [1.165, 1.54) is 30.3 Å². The maximum absolute atomic E-state index is 13.6. The fraction of sp³-hybridized carbons (Fsp3) is 0.458. The second-order valence-electron chi connectivity index (χ2n) is 8.53. The van der Waals surface area contributed by atoms with Gasteiger partial charge in [0.05, 0.1) is 31.8 Å². The number of aromatic nitrogens is 3. The topological polar surface area (TPSA) is 84.6 Å². The average molecular weight is 493 g/mol. The summed E-state index contributed by atoms with van der Waals surface area (Å²) in [7, 11) is 2.97. The highest BCUT2D eigenvalue weighted by atomic mass is 19.4. The number of alkyl halides is 3. The number of nitrogens with zero attached hydrogens (tertiary/aromatic N) is 3. The van der Waals surface area contributed by atoms with Crippen molar-refractivity contribution in [1.29, 1.82) is 0 Å². The smallest absolute Gasteiger partial charge is 0.417 e. The molecule has 11 heteroatoms. The number of halogens is 3. The molecule has 2 aromatic heterocycles. The molecule has 0 N–H and O–H groups in total. The third-order valence-electron chi connectivity index (χ3n) is 6.26. The molecule has 0 saturated heterocycles. The molecule has 2 heterocycles. The Labute approximate surface area is 199 Å². The Morgan fingerprint density at radius 3 is 2.37 bits per heavy atom. The van der Waals surface area contributed by atoms with Crippen molar-refractivity contribution in [2.75, 3.05) is 14.2 Å². The molecule has 0 bridgehead atoms. The van der Waals surface area contributed by atoms with Gasteiger partial charge in [-0.25, -0.2) is 9.78 Å². The van der Waals surface area contributed by atoms with E-state index in [1.807, 2.05) is 0 Å². The number of imidazole rings is 1. The van der Waals surface area contributed by atoms with Crippen LogP contribution in [0, 0.1) is 0 Å². The summed E-state index contributed by atoms with van der Waals surface area (Å²) >= 11 is 0. The van der Waals surface area contributed by atoms with E-state index >= 15 is 0 Å². The van der Waals surface area contributed by atoms with Crippen LogP contribution >= 0.6 is 0 Å². The van der Waals surface area contributed by atoms with Crippen LogP contribution in [0.2, 0.25) is 0 Å². The maximum atomic E-state index is 13.6. The van der Waals surface area contributed by atoms with E-state index < -0.39 is 17.4 Å². The van der Waals surface area contributed by atoms with Gasteiger partial charge in [0.1, 0.15) is 6.10 Å². The summed E-state index contributed by atoms with van der Waals surface area (Å²) in [6.07, 6.45) is -1.89. The van der Waals surface area contributed by atoms with Crippen LogP contribution in [-0.2, 0) is 22.3 Å². The van der Waals surface area contributed by atoms with E-state index in [4.69, 9.17) is 14.2 Å². The number of carbonyl (C=O) groups is 1. The molecule has 3 aromatic rings. The lowest BCUT2D eigenvalue weighted by Gasteiger charge is -2.28. The summed E-state index contributed by atoms with van der Waals surface area (Å²) in [5, 5.41) is 0. The van der Waals surface area contributed by atoms with Crippen LogP contribution in [0.1, 0.15) is 49.8 Å². The molecule has 0 unspecified atom stereocenters. The number of ether oxygens (including phenoxy) is 3. The van der Waals surface area contributed by atoms with Crippen LogP contribution in [0.15, 0.2) is 35.3 Å². The Morgan fingerprint density at radius 2 is 1.77 bits per heavy atom. The van der Waals surface area contributed by atoms with Crippen LogP contribution in [0.3, 0.4) is 0 Å². The number of fused-ring (bicyclic) bond motifs is 1. The first kappa shape index (κ1) is 24.6. The van der Waals surface area contributed by atoms with Crippen molar-refractivity contribution in [2.45, 2.75) is 57.5 Å². The predicted octanol–water partition coefficient (Wildman–Crippen LogP) is 4.33. The van der Waals surface area contributed by atoms with Gasteiger partial charge >= 0.3 is 17.8 Å². The van der Waals surface area contributed by atoms with Crippen LogP contribution in [0.25, 0.3) is 11.2 Å². The van der Waals surface area contributed by atoms with E-state index in [2.05, 4.69) is 4.98 Å². The summed E-state index contributed by atoms with van der Waals surface area (Å²) in [5.74, 6) is 0.578. The first-order valence-electron chi connectivity index (χ1n) is 11.2. The van der Waals surface area contributed by atoms with Crippen LogP contribution in [-0.4, -0.2) is 40.4 Å². The van der Waals surface area contributed by atoms with Gasteiger partial charge < -0.3 is 14.2 Å². The SMILES string of the molecule is COc1ccc(Cn2c(=O)n([C@H]3CC[C@H](OC(C)=O)CC3)c3ncc(C(F)(F)F)cc32)cc1OC. The van der Waals surface area contributed by atoms with Crippen molar-refractivity contribution >= 4 is 17.1 Å². The molecular weight excluding hydrogens is 467 g/mol. The molecule has 8 nitrogen and oxygen atoms in total. The Balaban J connectivity index is 1.77. The van der Waals surface area contributed by atoms with Gasteiger partial charge in [-0.15, -0.1) is 0 Å². The molecular formula is C24H26F3N3O5. The van der Waals surface area contributed by atoms with E-state index in [1.54, 1.807) is 18.2 Å². The summed E-state index contributed by atoms with van der Waals surface area (Å²) in [4.78, 5) is 28.9. The molecule has 1 saturated carbocycles. The first-order valence-corrected chi connectivity index (χ1v) is 11.2. The zero-order valence-electron chi connectivity index (χ0n) is 19.6. The molecule has 4 rings (SSSR count). The monoisotopic (exact) mass is 493 g/mol. The lowest BCUT2D eigenvalue weighted by atomic mass is 9.93. The van der Waals surface area contributed by atoms with Gasteiger partial charge in [-0.2, -0.15) is 13.2 Å². The molecule has 0 radical (unpaired) electrons. The molecule has 0 atom stereocenters. The number of benzene rings is 1. The Bertz CT molecular complexity index is 1290. The lowest BCUT2D eigenvalue weighted by molar-refractivity contribution is -0.148. The van der Waals surface area contributed by atoms with Gasteiger partial charge in [0.2, 0.25) is 0 Å². The second-order valence-corrected chi connectivity index (χ2v) is 8.53. The quantitative estimate of drug-likeness (QED) is 0.476. The number of rotatable bonds is 6. The first-order chi connectivity index (χ1) is 16.6. The number of hydrogen-bond acceptors (Lipinski definition) is 6. The normalized spacial score (nSPS) is 18.5. The average Bonchev–Trinajstić information content (AvgIpc) is 3.09. The van der Waals surface area contributed by atoms with Crippen molar-refractivity contribution < 1.29 is 32.2 Å². The van der Waals surface area contributed by atoms with Crippen molar-refractivity contribution in [1.82, 2.24) is 14.1 Å². The molecule has 188 valence electrons. The van der Waals surface area contributed by atoms with Gasteiger partial charge in [-0.05, 0) is 49.4 Å². The molecule has 0 aliphatic heterocycles. The van der Waals surface area contributed by atoms with Gasteiger partial charge in [0.15, 0.2) is 17.1 Å². The Morgan fingerprint density at radius 1 is 1.09 bits per heavy atom. The van der Waals surface area contributed by atoms with E-state index in [0.717, 1.165) is 12.3 Å². The zero-order chi connectivity index (χ0) is 25.3. The van der Waals surface area contributed by atoms with Crippen LogP contribution < -0.4 is 15.2 Å². The van der Waals surface area contributed by atoms with Gasteiger partial charge in [0, 0.05) is 19.2 Å². The Hall–Kier alpha value is -3.50. The zero-order valence-corrected chi connectivity index (χ0v) is 19.6. The summed E-state index contributed by atoms with van der Waals surface area (Å²) in [6, 6.07) is 5.77. The molecule has 0 spiro atoms. The number of hydrogen-bond donors (Lipinski definition) is 0. The van der Waals surface area contributed by atoms with Crippen LogP contribution in [0.4, 0.5) is 13.2 Å². The largest absolute Gasteiger partial charge is 0.493 e. The van der Waals surface area contributed by atoms with Crippen molar-refractivity contribution in [3.05, 3.63) is 52.1 Å². The molecule has 35 heavy (non-hydrogen) atoms. The summed E-state index contributed by atoms with van der Waals surface area (Å²) < 4.78 is 59.0. The highest BCUT2D eigenvalue weighted by Gasteiger charge is 2.33. The second kappa shape index (κ2) is 9.63. The summed E-state index contributed by atoms with van der Waals surface area (Å²) in [5.41, 5.74) is -0.430. The third-order valence-corrected chi connectivity index (χ3v) is 6.26. The lowest BCUT2D eigenvalue weighted by Crippen LogP contribution is -2.32. The Kier molecular flexibility index (Phi) is 6.77. The minimum atomic E-state index is -4.60. The van der Waals surface area contributed by atoms with Gasteiger partial charge in [-0.3, -0.25) is 13.9 Å². The minimum absolute atomic E-state index is 0.0223. The third kappa shape index (κ3) is 4.98. The summed E-state index contributed by atoms with van der Waals surface area (Å²) in [6.45, 7) is 1.37. The number of esters is 1.